The molecule has 0 aliphatic heterocycles. The van der Waals surface area contributed by atoms with E-state index in [1.807, 2.05) is 11.3 Å². The Labute approximate surface area is 263 Å². The van der Waals surface area contributed by atoms with Gasteiger partial charge in [-0.05, 0) is 87.9 Å². The van der Waals surface area contributed by atoms with Crippen molar-refractivity contribution in [2.75, 3.05) is 0 Å². The van der Waals surface area contributed by atoms with Gasteiger partial charge < -0.3 is 0 Å². The molecule has 0 amide bonds. The molecule has 2 aliphatic rings. The van der Waals surface area contributed by atoms with Gasteiger partial charge in [0.1, 0.15) is 11.0 Å². The van der Waals surface area contributed by atoms with Crippen LogP contribution in [0.5, 0.6) is 0 Å². The second kappa shape index (κ2) is 9.09. The van der Waals surface area contributed by atoms with Crippen molar-refractivity contribution in [3.05, 3.63) is 69.1 Å². The Kier molecular flexibility index (Phi) is 6.15. The standard InChI is InChI=1S/C37H42N2S3/c1-11-34(4,5)23-15-14-20(30-31(23)39-42-38-30)28-18-26-32(40-28)21-16-25-22(17-24(21)35(26,6)7)33-27(36(25,8)9)19-29(41-33)37(10,12-2)13-3/h14-19H,11-13H2,1-10H3. The van der Waals surface area contributed by atoms with E-state index in [1.54, 1.807) is 4.88 Å². The summed E-state index contributed by atoms with van der Waals surface area (Å²) in [6.07, 6.45) is 3.43. The first-order chi connectivity index (χ1) is 19.8. The van der Waals surface area contributed by atoms with Gasteiger partial charge in [0.15, 0.2) is 0 Å². The molecule has 2 nitrogen and oxygen atoms in total. The summed E-state index contributed by atoms with van der Waals surface area (Å²) in [5.41, 5.74) is 13.8. The van der Waals surface area contributed by atoms with Gasteiger partial charge in [0.2, 0.25) is 0 Å². The van der Waals surface area contributed by atoms with Crippen LogP contribution in [0.4, 0.5) is 0 Å². The van der Waals surface area contributed by atoms with Crippen molar-refractivity contribution in [3.8, 4) is 31.3 Å². The minimum atomic E-state index is -0.0492. The van der Waals surface area contributed by atoms with E-state index in [1.165, 1.54) is 83.7 Å². The maximum atomic E-state index is 4.83. The molecule has 0 N–H and O–H groups in total. The average Bonchev–Trinajstić information content (AvgIpc) is 3.77. The zero-order chi connectivity index (χ0) is 30.0. The van der Waals surface area contributed by atoms with Crippen molar-refractivity contribution in [3.63, 3.8) is 0 Å². The van der Waals surface area contributed by atoms with Gasteiger partial charge in [0.25, 0.3) is 0 Å². The molecule has 3 heterocycles. The van der Waals surface area contributed by atoms with Crippen molar-refractivity contribution in [2.24, 2.45) is 0 Å². The minimum Gasteiger partial charge on any atom is -0.173 e. The molecule has 7 rings (SSSR count). The highest BCUT2D eigenvalue weighted by atomic mass is 32.1. The summed E-state index contributed by atoms with van der Waals surface area (Å²) in [6.45, 7) is 23.7. The second-order valence-corrected chi connectivity index (χ2v) is 17.2. The Bertz CT molecular complexity index is 1890. The smallest absolute Gasteiger partial charge is 0.113 e. The van der Waals surface area contributed by atoms with Crippen LogP contribution in [0.2, 0.25) is 0 Å². The lowest BCUT2D eigenvalue weighted by Gasteiger charge is -2.27. The average molecular weight is 611 g/mol. The van der Waals surface area contributed by atoms with E-state index < -0.39 is 0 Å². The van der Waals surface area contributed by atoms with E-state index in [0.717, 1.165) is 17.5 Å². The van der Waals surface area contributed by atoms with Crippen LogP contribution in [0.1, 0.15) is 121 Å². The lowest BCUT2D eigenvalue weighted by molar-refractivity contribution is 0.447. The first-order valence-corrected chi connectivity index (χ1v) is 17.9. The molecule has 0 fully saturated rings. The van der Waals surface area contributed by atoms with Gasteiger partial charge in [0, 0.05) is 41.3 Å². The quantitative estimate of drug-likeness (QED) is 0.191. The fourth-order valence-corrected chi connectivity index (χ4v) is 10.8. The molecule has 2 aromatic carbocycles. The normalized spacial score (nSPS) is 16.5. The number of fused-ring (bicyclic) bond motifs is 7. The summed E-state index contributed by atoms with van der Waals surface area (Å²) in [5, 5.41) is 0. The first kappa shape index (κ1) is 28.4. The fourth-order valence-electron chi connectivity index (χ4n) is 7.24. The maximum Gasteiger partial charge on any atom is 0.113 e. The number of aromatic nitrogens is 2. The summed E-state index contributed by atoms with van der Waals surface area (Å²) in [6, 6.07) is 14.7. The molecule has 218 valence electrons. The monoisotopic (exact) mass is 610 g/mol. The van der Waals surface area contributed by atoms with Crippen molar-refractivity contribution in [2.45, 2.75) is 110 Å². The van der Waals surface area contributed by atoms with Gasteiger partial charge in [-0.2, -0.15) is 8.75 Å². The van der Waals surface area contributed by atoms with Gasteiger partial charge in [-0.1, -0.05) is 81.4 Å². The van der Waals surface area contributed by atoms with Crippen LogP contribution >= 0.6 is 34.4 Å². The third kappa shape index (κ3) is 3.66. The molecule has 5 aromatic rings. The molecule has 0 saturated carbocycles. The van der Waals surface area contributed by atoms with E-state index in [2.05, 4.69) is 117 Å². The molecule has 42 heavy (non-hydrogen) atoms. The van der Waals surface area contributed by atoms with E-state index in [4.69, 9.17) is 8.75 Å². The van der Waals surface area contributed by atoms with Gasteiger partial charge >= 0.3 is 0 Å². The van der Waals surface area contributed by atoms with Crippen LogP contribution in [-0.4, -0.2) is 8.75 Å². The fraction of sp³-hybridized carbons (Fsp3) is 0.459. The number of rotatable bonds is 6. The van der Waals surface area contributed by atoms with Crippen molar-refractivity contribution in [1.29, 1.82) is 0 Å². The molecular weight excluding hydrogens is 569 g/mol. The Balaban J connectivity index is 1.37. The van der Waals surface area contributed by atoms with Gasteiger partial charge in [0.05, 0.1) is 11.7 Å². The highest BCUT2D eigenvalue weighted by Crippen LogP contribution is 2.60. The van der Waals surface area contributed by atoms with E-state index >= 15 is 0 Å². The van der Waals surface area contributed by atoms with Crippen molar-refractivity contribution in [1.82, 2.24) is 8.75 Å². The van der Waals surface area contributed by atoms with Gasteiger partial charge in [-0.3, -0.25) is 0 Å². The highest BCUT2D eigenvalue weighted by molar-refractivity contribution is 7.19. The SMILES string of the molecule is CCC(C)(C)c1ccc(-c2cc3c(s2)-c2cc4c(cc2C3(C)C)-c2sc(C(C)(CC)CC)cc2C4(C)C)c2nsnc12. The molecule has 0 saturated heterocycles. The molecule has 2 aliphatic carbocycles. The van der Waals surface area contributed by atoms with Crippen LogP contribution in [0.15, 0.2) is 36.4 Å². The zero-order valence-corrected chi connectivity index (χ0v) is 29.2. The third-order valence-corrected chi connectivity index (χ3v) is 14.5. The maximum absolute atomic E-state index is 4.83. The lowest BCUT2D eigenvalue weighted by atomic mass is 9.78. The predicted octanol–water partition coefficient (Wildman–Crippen LogP) is 11.9. The minimum absolute atomic E-state index is 0.00413. The Morgan fingerprint density at radius 2 is 1.21 bits per heavy atom. The van der Waals surface area contributed by atoms with Crippen LogP contribution in [-0.2, 0) is 21.7 Å². The zero-order valence-electron chi connectivity index (χ0n) is 26.7. The summed E-state index contributed by atoms with van der Waals surface area (Å²) in [7, 11) is 0. The summed E-state index contributed by atoms with van der Waals surface area (Å²) < 4.78 is 9.61. The first-order valence-electron chi connectivity index (χ1n) is 15.5. The van der Waals surface area contributed by atoms with E-state index in [0.29, 0.717) is 0 Å². The molecular formula is C37H42N2S3. The Morgan fingerprint density at radius 3 is 1.81 bits per heavy atom. The van der Waals surface area contributed by atoms with Gasteiger partial charge in [-0.15, -0.1) is 22.7 Å². The van der Waals surface area contributed by atoms with Crippen LogP contribution in [0, 0.1) is 0 Å². The molecule has 0 bridgehead atoms. The molecule has 3 aromatic heterocycles. The molecule has 0 atom stereocenters. The number of hydrogen-bond acceptors (Lipinski definition) is 5. The molecule has 0 radical (unpaired) electrons. The largest absolute Gasteiger partial charge is 0.173 e. The Morgan fingerprint density at radius 1 is 0.643 bits per heavy atom. The Hall–Kier alpha value is -2.34. The summed E-state index contributed by atoms with van der Waals surface area (Å²) in [5.74, 6) is 0. The summed E-state index contributed by atoms with van der Waals surface area (Å²) >= 11 is 5.33. The van der Waals surface area contributed by atoms with Crippen LogP contribution in [0.25, 0.3) is 42.4 Å². The summed E-state index contributed by atoms with van der Waals surface area (Å²) in [4.78, 5) is 5.79. The van der Waals surface area contributed by atoms with Crippen molar-refractivity contribution >= 4 is 45.4 Å². The second-order valence-electron chi connectivity index (χ2n) is 14.5. The third-order valence-electron chi connectivity index (χ3n) is 11.3. The number of thiophene rings is 2. The number of benzene rings is 2. The van der Waals surface area contributed by atoms with Crippen LogP contribution in [0.3, 0.4) is 0 Å². The highest BCUT2D eigenvalue weighted by Gasteiger charge is 2.44. The van der Waals surface area contributed by atoms with E-state index in [9.17, 15) is 0 Å². The number of hydrogen-bond donors (Lipinski definition) is 0. The molecule has 5 heteroatoms. The van der Waals surface area contributed by atoms with Crippen molar-refractivity contribution < 1.29 is 0 Å². The van der Waals surface area contributed by atoms with E-state index in [-0.39, 0.29) is 21.7 Å². The topological polar surface area (TPSA) is 25.8 Å². The predicted molar refractivity (Wildman–Crippen MR) is 185 cm³/mol. The van der Waals surface area contributed by atoms with Gasteiger partial charge in [-0.25, -0.2) is 0 Å². The van der Waals surface area contributed by atoms with Crippen LogP contribution < -0.4 is 0 Å². The molecule has 0 unspecified atom stereocenters. The molecule has 0 spiro atoms. The lowest BCUT2D eigenvalue weighted by Crippen LogP contribution is -2.19. The number of nitrogens with zero attached hydrogens (tertiary/aromatic N) is 2.